The lowest BCUT2D eigenvalue weighted by atomic mass is 9.99. The Labute approximate surface area is 94.8 Å². The Hall–Kier alpha value is -1.23. The summed E-state index contributed by atoms with van der Waals surface area (Å²) in [5.74, 6) is 0.723. The van der Waals surface area contributed by atoms with Gasteiger partial charge < -0.3 is 9.42 Å². The van der Waals surface area contributed by atoms with Crippen LogP contribution < -0.4 is 0 Å². The first-order valence-electron chi connectivity index (χ1n) is 5.85. The Morgan fingerprint density at radius 2 is 2.44 bits per heavy atom. The van der Waals surface area contributed by atoms with Gasteiger partial charge in [0.15, 0.2) is 5.82 Å². The molecule has 0 bridgehead atoms. The molecule has 1 unspecified atom stereocenters. The number of likely N-dealkylation sites (tertiary alicyclic amines) is 1. The topological polar surface area (TPSA) is 59.2 Å². The zero-order chi connectivity index (χ0) is 11.4. The van der Waals surface area contributed by atoms with Gasteiger partial charge in [0.1, 0.15) is 0 Å². The van der Waals surface area contributed by atoms with E-state index < -0.39 is 0 Å². The predicted molar refractivity (Wildman–Crippen MR) is 58.3 cm³/mol. The zero-order valence-corrected chi connectivity index (χ0v) is 9.56. The third kappa shape index (κ3) is 2.47. The molecule has 5 nitrogen and oxygen atoms in total. The summed E-state index contributed by atoms with van der Waals surface area (Å²) in [4.78, 5) is 16.9. The fraction of sp³-hybridized carbons (Fsp3) is 0.727. The number of carbonyl (C=O) groups is 1. The molecule has 1 aliphatic rings. The van der Waals surface area contributed by atoms with E-state index in [4.69, 9.17) is 4.52 Å². The monoisotopic (exact) mass is 223 g/mol. The van der Waals surface area contributed by atoms with Gasteiger partial charge >= 0.3 is 0 Å². The Balaban J connectivity index is 1.98. The van der Waals surface area contributed by atoms with Crippen LogP contribution in [-0.4, -0.2) is 40.5 Å². The molecule has 1 aliphatic heterocycles. The van der Waals surface area contributed by atoms with Crippen molar-refractivity contribution in [1.29, 1.82) is 0 Å². The van der Waals surface area contributed by atoms with Crippen molar-refractivity contribution in [2.45, 2.75) is 38.6 Å². The highest BCUT2D eigenvalue weighted by Gasteiger charge is 2.22. The van der Waals surface area contributed by atoms with Crippen molar-refractivity contribution in [3.63, 3.8) is 0 Å². The van der Waals surface area contributed by atoms with Crippen LogP contribution in [0.2, 0.25) is 0 Å². The van der Waals surface area contributed by atoms with E-state index in [-0.39, 0.29) is 5.89 Å². The summed E-state index contributed by atoms with van der Waals surface area (Å²) in [5, 5.41) is 3.81. The molecule has 2 heterocycles. The highest BCUT2D eigenvalue weighted by molar-refractivity contribution is 5.66. The highest BCUT2D eigenvalue weighted by Crippen LogP contribution is 2.19. The van der Waals surface area contributed by atoms with E-state index in [0.29, 0.717) is 18.2 Å². The minimum Gasteiger partial charge on any atom is -0.331 e. The summed E-state index contributed by atoms with van der Waals surface area (Å²) < 4.78 is 4.78. The molecular weight excluding hydrogens is 206 g/mol. The van der Waals surface area contributed by atoms with Crippen LogP contribution in [0, 0.1) is 0 Å². The highest BCUT2D eigenvalue weighted by atomic mass is 16.5. The summed E-state index contributed by atoms with van der Waals surface area (Å²) in [6.45, 7) is 4.38. The average Bonchev–Trinajstić information content (AvgIpc) is 2.77. The van der Waals surface area contributed by atoms with Gasteiger partial charge in [-0.15, -0.1) is 0 Å². The molecule has 88 valence electrons. The summed E-state index contributed by atoms with van der Waals surface area (Å²) in [5.41, 5.74) is 0. The van der Waals surface area contributed by atoms with Gasteiger partial charge in [-0.3, -0.25) is 4.79 Å². The van der Waals surface area contributed by atoms with Crippen molar-refractivity contribution in [3.05, 3.63) is 11.7 Å². The Morgan fingerprint density at radius 3 is 3.12 bits per heavy atom. The van der Waals surface area contributed by atoms with E-state index in [2.05, 4.69) is 22.0 Å². The van der Waals surface area contributed by atoms with Crippen LogP contribution in [0.5, 0.6) is 0 Å². The smallest absolute Gasteiger partial charge is 0.290 e. The maximum absolute atomic E-state index is 10.4. The fourth-order valence-corrected chi connectivity index (χ4v) is 2.32. The third-order valence-electron chi connectivity index (χ3n) is 3.16. The second-order valence-electron chi connectivity index (χ2n) is 4.15. The van der Waals surface area contributed by atoms with Crippen molar-refractivity contribution in [3.8, 4) is 0 Å². The van der Waals surface area contributed by atoms with E-state index in [1.165, 1.54) is 19.3 Å². The normalized spacial score (nSPS) is 22.2. The number of rotatable bonds is 4. The number of piperidine rings is 1. The largest absolute Gasteiger partial charge is 0.331 e. The third-order valence-corrected chi connectivity index (χ3v) is 3.16. The molecule has 0 amide bonds. The number of aldehydes is 1. The van der Waals surface area contributed by atoms with Crippen molar-refractivity contribution >= 4 is 6.29 Å². The van der Waals surface area contributed by atoms with Gasteiger partial charge in [-0.25, -0.2) is 0 Å². The SMILES string of the molecule is CCN1CCCCC1Cc1noc(C=O)n1. The molecule has 1 saturated heterocycles. The molecule has 1 aromatic heterocycles. The van der Waals surface area contributed by atoms with E-state index in [0.717, 1.165) is 19.5 Å². The van der Waals surface area contributed by atoms with Crippen LogP contribution in [0.3, 0.4) is 0 Å². The van der Waals surface area contributed by atoms with Gasteiger partial charge in [0.25, 0.3) is 5.89 Å². The summed E-state index contributed by atoms with van der Waals surface area (Å²) >= 11 is 0. The molecule has 0 N–H and O–H groups in total. The van der Waals surface area contributed by atoms with Gasteiger partial charge in [0, 0.05) is 12.5 Å². The number of nitrogens with zero attached hydrogens (tertiary/aromatic N) is 3. The van der Waals surface area contributed by atoms with Crippen molar-refractivity contribution in [1.82, 2.24) is 15.0 Å². The summed E-state index contributed by atoms with van der Waals surface area (Å²) in [6, 6.07) is 0.496. The van der Waals surface area contributed by atoms with Crippen LogP contribution in [-0.2, 0) is 6.42 Å². The summed E-state index contributed by atoms with van der Waals surface area (Å²) in [6.07, 6.45) is 5.09. The number of carbonyl (C=O) groups excluding carboxylic acids is 1. The van der Waals surface area contributed by atoms with Crippen LogP contribution in [0.1, 0.15) is 42.7 Å². The molecule has 0 aromatic carbocycles. The van der Waals surface area contributed by atoms with Crippen LogP contribution in [0.25, 0.3) is 0 Å². The van der Waals surface area contributed by atoms with Crippen LogP contribution >= 0.6 is 0 Å². The van der Waals surface area contributed by atoms with Gasteiger partial charge in [0.2, 0.25) is 6.29 Å². The minimum absolute atomic E-state index is 0.0776. The number of hydrogen-bond donors (Lipinski definition) is 0. The van der Waals surface area contributed by atoms with Crippen molar-refractivity contribution < 1.29 is 9.32 Å². The van der Waals surface area contributed by atoms with E-state index in [9.17, 15) is 4.79 Å². The first-order valence-corrected chi connectivity index (χ1v) is 5.85. The Bertz CT molecular complexity index is 351. The molecule has 2 rings (SSSR count). The number of aromatic nitrogens is 2. The molecule has 0 saturated carbocycles. The zero-order valence-electron chi connectivity index (χ0n) is 9.56. The average molecular weight is 223 g/mol. The Kier molecular flexibility index (Phi) is 3.66. The summed E-state index contributed by atoms with van der Waals surface area (Å²) in [7, 11) is 0. The fourth-order valence-electron chi connectivity index (χ4n) is 2.32. The van der Waals surface area contributed by atoms with E-state index >= 15 is 0 Å². The van der Waals surface area contributed by atoms with Crippen LogP contribution in [0.15, 0.2) is 4.52 Å². The van der Waals surface area contributed by atoms with Gasteiger partial charge in [-0.1, -0.05) is 18.5 Å². The number of likely N-dealkylation sites (N-methyl/N-ethyl adjacent to an activating group) is 1. The lowest BCUT2D eigenvalue weighted by molar-refractivity contribution is 0.108. The molecule has 1 fully saturated rings. The second-order valence-corrected chi connectivity index (χ2v) is 4.15. The Morgan fingerprint density at radius 1 is 1.56 bits per heavy atom. The molecule has 0 spiro atoms. The molecule has 0 radical (unpaired) electrons. The lowest BCUT2D eigenvalue weighted by Gasteiger charge is -2.34. The molecule has 16 heavy (non-hydrogen) atoms. The molecular formula is C11H17N3O2. The first-order chi connectivity index (χ1) is 7.83. The number of hydrogen-bond acceptors (Lipinski definition) is 5. The molecule has 1 aromatic rings. The van der Waals surface area contributed by atoms with E-state index in [1.54, 1.807) is 0 Å². The molecule has 5 heteroatoms. The van der Waals surface area contributed by atoms with Gasteiger partial charge in [-0.2, -0.15) is 4.98 Å². The second kappa shape index (κ2) is 5.21. The molecule has 1 atom stereocenters. The predicted octanol–water partition coefficient (Wildman–Crippen LogP) is 1.30. The van der Waals surface area contributed by atoms with Crippen molar-refractivity contribution in [2.75, 3.05) is 13.1 Å². The minimum atomic E-state index is 0.0776. The van der Waals surface area contributed by atoms with E-state index in [1.807, 2.05) is 0 Å². The van der Waals surface area contributed by atoms with Crippen molar-refractivity contribution in [2.24, 2.45) is 0 Å². The lowest BCUT2D eigenvalue weighted by Crippen LogP contribution is -2.40. The van der Waals surface area contributed by atoms with Crippen LogP contribution in [0.4, 0.5) is 0 Å². The maximum atomic E-state index is 10.4. The van der Waals surface area contributed by atoms with Gasteiger partial charge in [-0.05, 0) is 25.9 Å². The van der Waals surface area contributed by atoms with Gasteiger partial charge in [0.05, 0.1) is 0 Å². The first kappa shape index (κ1) is 11.3. The standard InChI is InChI=1S/C11H17N3O2/c1-2-14-6-4-3-5-9(14)7-10-12-11(8-15)16-13-10/h8-9H,2-7H2,1H3. The molecule has 0 aliphatic carbocycles. The quantitative estimate of drug-likeness (QED) is 0.720. The maximum Gasteiger partial charge on any atom is 0.290 e.